The minimum Gasteiger partial charge on any atom is -0.372 e. The van der Waals surface area contributed by atoms with Gasteiger partial charge in [-0.2, -0.15) is 0 Å². The van der Waals surface area contributed by atoms with E-state index in [1.165, 1.54) is 0 Å². The highest BCUT2D eigenvalue weighted by atomic mass is 32.1. The number of hydrogen-bond donors (Lipinski definition) is 1. The van der Waals surface area contributed by atoms with Crippen LogP contribution in [0.3, 0.4) is 0 Å². The molecule has 0 aliphatic rings. The molecule has 0 unspecified atom stereocenters. The van der Waals surface area contributed by atoms with E-state index in [0.717, 1.165) is 28.0 Å². The van der Waals surface area contributed by atoms with Crippen LogP contribution in [0.1, 0.15) is 10.7 Å². The van der Waals surface area contributed by atoms with E-state index in [0.29, 0.717) is 6.54 Å². The lowest BCUT2D eigenvalue weighted by Crippen LogP contribution is -2.19. The highest BCUT2D eigenvalue weighted by Gasteiger charge is 2.13. The molecule has 0 spiro atoms. The van der Waals surface area contributed by atoms with Gasteiger partial charge < -0.3 is 14.6 Å². The van der Waals surface area contributed by atoms with Crippen LogP contribution < -0.4 is 10.2 Å². The molecule has 0 aliphatic carbocycles. The van der Waals surface area contributed by atoms with Gasteiger partial charge in [0.2, 0.25) is 0 Å². The average Bonchev–Trinajstić information content (AvgIpc) is 3.06. The summed E-state index contributed by atoms with van der Waals surface area (Å²) in [5, 5.41) is 6.23. The van der Waals surface area contributed by atoms with Crippen LogP contribution in [0.15, 0.2) is 24.0 Å². The Morgan fingerprint density at radius 1 is 1.40 bits per heavy atom. The van der Waals surface area contributed by atoms with E-state index in [1.807, 2.05) is 37.8 Å². The zero-order valence-electron chi connectivity index (χ0n) is 11.7. The van der Waals surface area contributed by atoms with Crippen LogP contribution in [0, 0.1) is 6.92 Å². The second kappa shape index (κ2) is 5.09. The molecule has 0 aromatic carbocycles. The quantitative estimate of drug-likeness (QED) is 0.797. The standard InChI is InChI=1S/C13H16N6S/c1-9-16-10(8-20-9)6-18(3)13-12-15-4-5-19(12)7-11(14-2)17-13/h4-5,7-8,14H,6H2,1-3H3. The summed E-state index contributed by atoms with van der Waals surface area (Å²) in [6, 6.07) is 0. The number of nitrogens with zero attached hydrogens (tertiary/aromatic N) is 5. The first-order chi connectivity index (χ1) is 9.67. The Balaban J connectivity index is 1.97. The van der Waals surface area contributed by atoms with Crippen LogP contribution in [-0.2, 0) is 6.54 Å². The van der Waals surface area contributed by atoms with E-state index in [4.69, 9.17) is 0 Å². The summed E-state index contributed by atoms with van der Waals surface area (Å²) in [7, 11) is 3.86. The summed E-state index contributed by atoms with van der Waals surface area (Å²) in [4.78, 5) is 15.5. The average molecular weight is 288 g/mol. The SMILES string of the molecule is CNc1cn2ccnc2c(N(C)Cc2csc(C)n2)n1. The van der Waals surface area contributed by atoms with Crippen molar-refractivity contribution in [2.75, 3.05) is 24.3 Å². The topological polar surface area (TPSA) is 58.4 Å². The minimum atomic E-state index is 0.715. The predicted octanol–water partition coefficient (Wildman–Crippen LogP) is 2.17. The van der Waals surface area contributed by atoms with E-state index >= 15 is 0 Å². The van der Waals surface area contributed by atoms with Crippen LogP contribution in [0.2, 0.25) is 0 Å². The van der Waals surface area contributed by atoms with Crippen molar-refractivity contribution in [3.05, 3.63) is 34.7 Å². The molecule has 3 rings (SSSR count). The molecule has 0 fully saturated rings. The number of anilines is 2. The molecule has 0 saturated carbocycles. The van der Waals surface area contributed by atoms with Gasteiger partial charge in [-0.25, -0.2) is 15.0 Å². The van der Waals surface area contributed by atoms with Crippen molar-refractivity contribution in [1.29, 1.82) is 0 Å². The van der Waals surface area contributed by atoms with Gasteiger partial charge >= 0.3 is 0 Å². The van der Waals surface area contributed by atoms with Crippen molar-refractivity contribution >= 4 is 28.6 Å². The largest absolute Gasteiger partial charge is 0.372 e. The molecule has 0 radical (unpaired) electrons. The summed E-state index contributed by atoms with van der Waals surface area (Å²) in [5.74, 6) is 1.65. The predicted molar refractivity (Wildman–Crippen MR) is 81.5 cm³/mol. The van der Waals surface area contributed by atoms with Crippen LogP contribution in [0.25, 0.3) is 5.65 Å². The molecule has 0 atom stereocenters. The van der Waals surface area contributed by atoms with Crippen LogP contribution in [0.5, 0.6) is 0 Å². The van der Waals surface area contributed by atoms with Gasteiger partial charge in [0.15, 0.2) is 11.5 Å². The molecule has 104 valence electrons. The van der Waals surface area contributed by atoms with Crippen molar-refractivity contribution in [2.24, 2.45) is 0 Å². The van der Waals surface area contributed by atoms with Gasteiger partial charge in [0.25, 0.3) is 0 Å². The Bertz CT molecular complexity index is 731. The normalized spacial score (nSPS) is 10.9. The zero-order chi connectivity index (χ0) is 14.1. The number of fused-ring (bicyclic) bond motifs is 1. The lowest BCUT2D eigenvalue weighted by Gasteiger charge is -2.18. The molecule has 7 heteroatoms. The van der Waals surface area contributed by atoms with E-state index < -0.39 is 0 Å². The monoisotopic (exact) mass is 288 g/mol. The van der Waals surface area contributed by atoms with Gasteiger partial charge in [-0.15, -0.1) is 11.3 Å². The third-order valence-electron chi connectivity index (χ3n) is 3.04. The van der Waals surface area contributed by atoms with Gasteiger partial charge in [-0.3, -0.25) is 0 Å². The van der Waals surface area contributed by atoms with Crippen molar-refractivity contribution in [1.82, 2.24) is 19.4 Å². The van der Waals surface area contributed by atoms with E-state index in [1.54, 1.807) is 17.5 Å². The van der Waals surface area contributed by atoms with Crippen molar-refractivity contribution in [2.45, 2.75) is 13.5 Å². The maximum absolute atomic E-state index is 4.60. The third-order valence-corrected chi connectivity index (χ3v) is 3.86. The van der Waals surface area contributed by atoms with Crippen LogP contribution in [-0.4, -0.2) is 33.4 Å². The van der Waals surface area contributed by atoms with E-state index in [2.05, 4.69) is 30.5 Å². The molecule has 6 nitrogen and oxygen atoms in total. The Hall–Kier alpha value is -2.15. The minimum absolute atomic E-state index is 0.715. The lowest BCUT2D eigenvalue weighted by molar-refractivity contribution is 0.867. The van der Waals surface area contributed by atoms with Gasteiger partial charge in [0.1, 0.15) is 5.82 Å². The Morgan fingerprint density at radius 2 is 2.25 bits per heavy atom. The molecule has 1 N–H and O–H groups in total. The Labute approximate surface area is 121 Å². The number of aryl methyl sites for hydroxylation is 1. The van der Waals surface area contributed by atoms with Crippen molar-refractivity contribution in [3.63, 3.8) is 0 Å². The fourth-order valence-electron chi connectivity index (χ4n) is 2.09. The van der Waals surface area contributed by atoms with Gasteiger partial charge in [-0.05, 0) is 6.92 Å². The van der Waals surface area contributed by atoms with Crippen LogP contribution in [0.4, 0.5) is 11.6 Å². The molecular weight excluding hydrogens is 272 g/mol. The number of aromatic nitrogens is 4. The summed E-state index contributed by atoms with van der Waals surface area (Å²) < 4.78 is 1.97. The Kier molecular flexibility index (Phi) is 3.27. The Morgan fingerprint density at radius 3 is 2.95 bits per heavy atom. The lowest BCUT2D eigenvalue weighted by atomic mass is 10.4. The maximum atomic E-state index is 4.60. The molecule has 0 bridgehead atoms. The molecule has 20 heavy (non-hydrogen) atoms. The summed E-state index contributed by atoms with van der Waals surface area (Å²) in [5.41, 5.74) is 1.90. The molecule has 0 aliphatic heterocycles. The second-order valence-corrected chi connectivity index (χ2v) is 5.63. The number of hydrogen-bond acceptors (Lipinski definition) is 6. The first-order valence-corrected chi connectivity index (χ1v) is 7.19. The zero-order valence-corrected chi connectivity index (χ0v) is 12.5. The number of rotatable bonds is 4. The van der Waals surface area contributed by atoms with Gasteiger partial charge in [-0.1, -0.05) is 0 Å². The molecule has 0 saturated heterocycles. The van der Waals surface area contributed by atoms with E-state index in [9.17, 15) is 0 Å². The van der Waals surface area contributed by atoms with Crippen molar-refractivity contribution < 1.29 is 0 Å². The highest BCUT2D eigenvalue weighted by molar-refractivity contribution is 7.09. The first kappa shape index (κ1) is 12.9. The number of nitrogens with one attached hydrogen (secondary N) is 1. The fraction of sp³-hybridized carbons (Fsp3) is 0.308. The molecule has 3 aromatic rings. The third kappa shape index (κ3) is 2.32. The smallest absolute Gasteiger partial charge is 0.180 e. The highest BCUT2D eigenvalue weighted by Crippen LogP contribution is 2.21. The number of thiazole rings is 1. The molecular formula is C13H16N6S. The summed E-state index contributed by atoms with van der Waals surface area (Å²) in [6.45, 7) is 2.73. The summed E-state index contributed by atoms with van der Waals surface area (Å²) >= 11 is 1.66. The maximum Gasteiger partial charge on any atom is 0.180 e. The molecule has 0 amide bonds. The van der Waals surface area contributed by atoms with Gasteiger partial charge in [0.05, 0.1) is 23.4 Å². The fourth-order valence-corrected chi connectivity index (χ4v) is 2.69. The second-order valence-electron chi connectivity index (χ2n) is 4.57. The van der Waals surface area contributed by atoms with Crippen LogP contribution >= 0.6 is 11.3 Å². The number of imidazole rings is 1. The molecule has 3 heterocycles. The van der Waals surface area contributed by atoms with Crippen molar-refractivity contribution in [3.8, 4) is 0 Å². The van der Waals surface area contributed by atoms with Gasteiger partial charge in [0, 0.05) is 31.9 Å². The van der Waals surface area contributed by atoms with E-state index in [-0.39, 0.29) is 0 Å². The summed E-state index contributed by atoms with van der Waals surface area (Å²) in [6.07, 6.45) is 5.62. The first-order valence-electron chi connectivity index (χ1n) is 6.31. The molecule has 3 aromatic heterocycles.